The van der Waals surface area contributed by atoms with Gasteiger partial charge in [-0.2, -0.15) is 0 Å². The van der Waals surface area contributed by atoms with Crippen molar-refractivity contribution in [2.24, 2.45) is 0 Å². The Hall–Kier alpha value is -1.33. The van der Waals surface area contributed by atoms with Gasteiger partial charge in [0.2, 0.25) is 0 Å². The SMILES string of the molecule is O=C(O)c1cc(F)ccc1CSc1cccc(Br)c1. The molecule has 0 saturated heterocycles. The topological polar surface area (TPSA) is 37.3 Å². The zero-order chi connectivity index (χ0) is 13.8. The minimum Gasteiger partial charge on any atom is -0.478 e. The molecule has 5 heteroatoms. The molecule has 0 aliphatic heterocycles. The first-order valence-electron chi connectivity index (χ1n) is 5.46. The van der Waals surface area contributed by atoms with Crippen LogP contribution in [-0.2, 0) is 5.75 Å². The highest BCUT2D eigenvalue weighted by molar-refractivity contribution is 9.10. The van der Waals surface area contributed by atoms with Crippen LogP contribution in [0.1, 0.15) is 15.9 Å². The van der Waals surface area contributed by atoms with E-state index >= 15 is 0 Å². The first-order valence-corrected chi connectivity index (χ1v) is 7.24. The van der Waals surface area contributed by atoms with Crippen molar-refractivity contribution in [1.29, 1.82) is 0 Å². The summed E-state index contributed by atoms with van der Waals surface area (Å²) in [4.78, 5) is 12.1. The van der Waals surface area contributed by atoms with E-state index in [9.17, 15) is 9.18 Å². The molecule has 0 aliphatic carbocycles. The molecule has 0 unspecified atom stereocenters. The van der Waals surface area contributed by atoms with E-state index in [2.05, 4.69) is 15.9 Å². The third-order valence-corrected chi connectivity index (χ3v) is 4.03. The predicted molar refractivity (Wildman–Crippen MR) is 77.1 cm³/mol. The number of hydrogen-bond donors (Lipinski definition) is 1. The van der Waals surface area contributed by atoms with Gasteiger partial charge in [0.15, 0.2) is 0 Å². The second-order valence-electron chi connectivity index (χ2n) is 3.85. The summed E-state index contributed by atoms with van der Waals surface area (Å²) < 4.78 is 14.0. The molecule has 0 saturated carbocycles. The molecule has 0 amide bonds. The van der Waals surface area contributed by atoms with Crippen LogP contribution in [0.4, 0.5) is 4.39 Å². The molecular formula is C14H10BrFO2S. The van der Waals surface area contributed by atoms with E-state index in [1.165, 1.54) is 23.9 Å². The minimum absolute atomic E-state index is 0.0162. The van der Waals surface area contributed by atoms with E-state index in [4.69, 9.17) is 5.11 Å². The zero-order valence-electron chi connectivity index (χ0n) is 9.77. The Bertz CT molecular complexity index is 616. The molecule has 2 nitrogen and oxygen atoms in total. The third kappa shape index (κ3) is 3.81. The van der Waals surface area contributed by atoms with Crippen LogP contribution in [0, 0.1) is 5.82 Å². The lowest BCUT2D eigenvalue weighted by Gasteiger charge is -2.06. The largest absolute Gasteiger partial charge is 0.478 e. The van der Waals surface area contributed by atoms with Gasteiger partial charge in [0.1, 0.15) is 5.82 Å². The fourth-order valence-electron chi connectivity index (χ4n) is 1.59. The Balaban J connectivity index is 2.17. The predicted octanol–water partition coefficient (Wildman–Crippen LogP) is 4.58. The maximum absolute atomic E-state index is 13.0. The summed E-state index contributed by atoms with van der Waals surface area (Å²) in [6, 6.07) is 11.6. The van der Waals surface area contributed by atoms with E-state index < -0.39 is 11.8 Å². The maximum atomic E-state index is 13.0. The normalized spacial score (nSPS) is 10.4. The van der Waals surface area contributed by atoms with Gasteiger partial charge in [-0.05, 0) is 35.9 Å². The average Bonchev–Trinajstić information content (AvgIpc) is 2.37. The number of carboxylic acids is 1. The number of thioether (sulfide) groups is 1. The maximum Gasteiger partial charge on any atom is 0.336 e. The van der Waals surface area contributed by atoms with Gasteiger partial charge in [-0.25, -0.2) is 9.18 Å². The highest BCUT2D eigenvalue weighted by Crippen LogP contribution is 2.27. The smallest absolute Gasteiger partial charge is 0.336 e. The lowest BCUT2D eigenvalue weighted by atomic mass is 10.1. The highest BCUT2D eigenvalue weighted by Gasteiger charge is 2.11. The Morgan fingerprint density at radius 3 is 2.74 bits per heavy atom. The number of halogens is 2. The van der Waals surface area contributed by atoms with Gasteiger partial charge in [-0.3, -0.25) is 0 Å². The van der Waals surface area contributed by atoms with E-state index in [0.717, 1.165) is 15.4 Å². The Morgan fingerprint density at radius 1 is 1.26 bits per heavy atom. The van der Waals surface area contributed by atoms with Crippen molar-refractivity contribution in [2.45, 2.75) is 10.6 Å². The van der Waals surface area contributed by atoms with Gasteiger partial charge in [-0.1, -0.05) is 28.1 Å². The summed E-state index contributed by atoms with van der Waals surface area (Å²) in [6.45, 7) is 0. The number of carbonyl (C=O) groups is 1. The van der Waals surface area contributed by atoms with Crippen molar-refractivity contribution in [2.75, 3.05) is 0 Å². The van der Waals surface area contributed by atoms with Crippen molar-refractivity contribution in [1.82, 2.24) is 0 Å². The van der Waals surface area contributed by atoms with Crippen molar-refractivity contribution < 1.29 is 14.3 Å². The molecule has 2 aromatic carbocycles. The molecular weight excluding hydrogens is 331 g/mol. The van der Waals surface area contributed by atoms with Crippen LogP contribution in [0.2, 0.25) is 0 Å². The van der Waals surface area contributed by atoms with Crippen molar-refractivity contribution in [3.05, 3.63) is 63.9 Å². The van der Waals surface area contributed by atoms with E-state index in [1.54, 1.807) is 0 Å². The van der Waals surface area contributed by atoms with Gasteiger partial charge in [-0.15, -0.1) is 11.8 Å². The zero-order valence-corrected chi connectivity index (χ0v) is 12.2. The molecule has 0 atom stereocenters. The summed E-state index contributed by atoms with van der Waals surface area (Å²) >= 11 is 4.89. The van der Waals surface area contributed by atoms with Gasteiger partial charge in [0.05, 0.1) is 5.56 Å². The fourth-order valence-corrected chi connectivity index (χ4v) is 3.10. The standard InChI is InChI=1S/C14H10BrFO2S/c15-10-2-1-3-12(6-10)19-8-9-4-5-11(16)7-13(9)14(17)18/h1-7H,8H2,(H,17,18). The van der Waals surface area contributed by atoms with Gasteiger partial charge in [0.25, 0.3) is 0 Å². The number of hydrogen-bond acceptors (Lipinski definition) is 2. The molecule has 0 heterocycles. The summed E-state index contributed by atoms with van der Waals surface area (Å²) in [7, 11) is 0. The van der Waals surface area contributed by atoms with Crippen molar-refractivity contribution in [3.63, 3.8) is 0 Å². The summed E-state index contributed by atoms with van der Waals surface area (Å²) in [6.07, 6.45) is 0. The Morgan fingerprint density at radius 2 is 2.05 bits per heavy atom. The van der Waals surface area contributed by atoms with E-state index in [-0.39, 0.29) is 5.56 Å². The quantitative estimate of drug-likeness (QED) is 0.827. The summed E-state index contributed by atoms with van der Waals surface area (Å²) in [5.41, 5.74) is 0.626. The first-order chi connectivity index (χ1) is 9.06. The van der Waals surface area contributed by atoms with Gasteiger partial charge in [0, 0.05) is 15.1 Å². The van der Waals surface area contributed by atoms with Gasteiger partial charge < -0.3 is 5.11 Å². The van der Waals surface area contributed by atoms with Crippen molar-refractivity contribution in [3.8, 4) is 0 Å². The number of carboxylic acid groups (broad SMARTS) is 1. The molecule has 0 aliphatic rings. The molecule has 0 radical (unpaired) electrons. The van der Waals surface area contributed by atoms with Crippen LogP contribution >= 0.6 is 27.7 Å². The third-order valence-electron chi connectivity index (χ3n) is 2.49. The Labute approximate surface area is 122 Å². The van der Waals surface area contributed by atoms with E-state index in [1.807, 2.05) is 24.3 Å². The highest BCUT2D eigenvalue weighted by atomic mass is 79.9. The van der Waals surface area contributed by atoms with Crippen LogP contribution in [0.25, 0.3) is 0 Å². The fraction of sp³-hybridized carbons (Fsp3) is 0.0714. The molecule has 2 aromatic rings. The molecule has 0 bridgehead atoms. The molecule has 19 heavy (non-hydrogen) atoms. The van der Waals surface area contributed by atoms with Crippen LogP contribution in [0.5, 0.6) is 0 Å². The minimum atomic E-state index is -1.11. The number of rotatable bonds is 4. The summed E-state index contributed by atoms with van der Waals surface area (Å²) in [5, 5.41) is 9.05. The molecule has 0 aromatic heterocycles. The molecule has 98 valence electrons. The first kappa shape index (κ1) is 14.1. The van der Waals surface area contributed by atoms with Crippen LogP contribution < -0.4 is 0 Å². The Kier molecular flexibility index (Phi) is 4.61. The summed E-state index contributed by atoms with van der Waals surface area (Å²) in [5.74, 6) is -1.16. The number of benzene rings is 2. The van der Waals surface area contributed by atoms with Crippen molar-refractivity contribution >= 4 is 33.7 Å². The lowest BCUT2D eigenvalue weighted by molar-refractivity contribution is 0.0695. The van der Waals surface area contributed by atoms with E-state index in [0.29, 0.717) is 11.3 Å². The second-order valence-corrected chi connectivity index (χ2v) is 5.82. The van der Waals surface area contributed by atoms with Crippen LogP contribution in [-0.4, -0.2) is 11.1 Å². The van der Waals surface area contributed by atoms with Gasteiger partial charge >= 0.3 is 5.97 Å². The molecule has 0 spiro atoms. The second kappa shape index (κ2) is 6.21. The monoisotopic (exact) mass is 340 g/mol. The molecule has 1 N–H and O–H groups in total. The average molecular weight is 341 g/mol. The number of aromatic carboxylic acids is 1. The molecule has 2 rings (SSSR count). The van der Waals surface area contributed by atoms with Crippen LogP contribution in [0.3, 0.4) is 0 Å². The molecule has 0 fully saturated rings. The lowest BCUT2D eigenvalue weighted by Crippen LogP contribution is -2.02. The van der Waals surface area contributed by atoms with Crippen LogP contribution in [0.15, 0.2) is 51.8 Å².